The number of aliphatic hydroxyl groups excluding tert-OH is 1. The van der Waals surface area contributed by atoms with E-state index in [1.54, 1.807) is 0 Å². The topological polar surface area (TPSA) is 79.2 Å². The molecular formula is C5H11O5PS. The highest BCUT2D eigenvalue weighted by Gasteiger charge is 2.31. The zero-order valence-corrected chi connectivity index (χ0v) is 8.00. The Labute approximate surface area is 75.2 Å². The SMILES string of the molecule is OC[C@H]1OCC[C@@H]1OP(O)(O)=S. The number of ether oxygens (including phenoxy) is 1. The van der Waals surface area contributed by atoms with Crippen molar-refractivity contribution in [3.05, 3.63) is 0 Å². The van der Waals surface area contributed by atoms with Gasteiger partial charge in [0.1, 0.15) is 6.10 Å². The lowest BCUT2D eigenvalue weighted by molar-refractivity contribution is 0.00892. The standard InChI is InChI=1S/C5H11O5PS/c6-3-5-4(1-2-9-5)10-11(7,8)12/h4-6H,1-3H2,(H2,7,8,12)/t4-,5+/m0/s1. The molecule has 0 radical (unpaired) electrons. The summed E-state index contributed by atoms with van der Waals surface area (Å²) in [5.41, 5.74) is 0. The number of hydrogen-bond acceptors (Lipinski definition) is 4. The van der Waals surface area contributed by atoms with Crippen molar-refractivity contribution in [2.75, 3.05) is 13.2 Å². The molecule has 5 nitrogen and oxygen atoms in total. The molecule has 0 aliphatic carbocycles. The molecule has 72 valence electrons. The fourth-order valence-electron chi connectivity index (χ4n) is 1.10. The average Bonchev–Trinajstić information content (AvgIpc) is 2.31. The van der Waals surface area contributed by atoms with Gasteiger partial charge in [0, 0.05) is 13.0 Å². The molecule has 3 N–H and O–H groups in total. The van der Waals surface area contributed by atoms with Crippen LogP contribution in [0.3, 0.4) is 0 Å². The number of rotatable bonds is 3. The van der Waals surface area contributed by atoms with Gasteiger partial charge in [-0.1, -0.05) is 0 Å². The van der Waals surface area contributed by atoms with Crippen molar-refractivity contribution in [2.45, 2.75) is 18.6 Å². The largest absolute Gasteiger partial charge is 0.394 e. The predicted octanol–water partition coefficient (Wildman–Crippen LogP) is -0.638. The van der Waals surface area contributed by atoms with Gasteiger partial charge in [-0.2, -0.15) is 0 Å². The first-order valence-electron chi connectivity index (χ1n) is 3.49. The molecule has 1 rings (SSSR count). The van der Waals surface area contributed by atoms with E-state index in [-0.39, 0.29) is 6.61 Å². The second-order valence-corrected chi connectivity index (χ2v) is 5.13. The third-order valence-electron chi connectivity index (χ3n) is 1.60. The van der Waals surface area contributed by atoms with E-state index in [0.717, 1.165) is 0 Å². The van der Waals surface area contributed by atoms with E-state index in [1.807, 2.05) is 0 Å². The third-order valence-corrected chi connectivity index (χ3v) is 2.41. The van der Waals surface area contributed by atoms with Gasteiger partial charge < -0.3 is 24.2 Å². The van der Waals surface area contributed by atoms with Crippen LogP contribution in [0.5, 0.6) is 0 Å². The van der Waals surface area contributed by atoms with Gasteiger partial charge in [0.25, 0.3) is 0 Å². The van der Waals surface area contributed by atoms with Gasteiger partial charge >= 0.3 is 6.72 Å². The van der Waals surface area contributed by atoms with E-state index in [2.05, 4.69) is 11.8 Å². The average molecular weight is 214 g/mol. The number of hydrogen-bond donors (Lipinski definition) is 3. The van der Waals surface area contributed by atoms with Crippen LogP contribution in [0.4, 0.5) is 0 Å². The van der Waals surface area contributed by atoms with Crippen LogP contribution in [0.2, 0.25) is 0 Å². The molecule has 1 aliphatic rings. The van der Waals surface area contributed by atoms with Crippen molar-refractivity contribution in [2.24, 2.45) is 0 Å². The summed E-state index contributed by atoms with van der Waals surface area (Å²) in [6.45, 7) is -3.37. The highest BCUT2D eigenvalue weighted by molar-refractivity contribution is 8.06. The third kappa shape index (κ3) is 3.06. The fourth-order valence-corrected chi connectivity index (χ4v) is 2.02. The Hall–Kier alpha value is 0.450. The van der Waals surface area contributed by atoms with Crippen molar-refractivity contribution >= 4 is 18.5 Å². The molecule has 12 heavy (non-hydrogen) atoms. The van der Waals surface area contributed by atoms with Gasteiger partial charge in [-0.05, 0) is 11.8 Å². The predicted molar refractivity (Wildman–Crippen MR) is 45.0 cm³/mol. The van der Waals surface area contributed by atoms with E-state index >= 15 is 0 Å². The minimum Gasteiger partial charge on any atom is -0.394 e. The summed E-state index contributed by atoms with van der Waals surface area (Å²) >= 11 is 4.29. The van der Waals surface area contributed by atoms with Gasteiger partial charge in [-0.25, -0.2) is 0 Å². The van der Waals surface area contributed by atoms with Crippen molar-refractivity contribution in [3.8, 4) is 0 Å². The summed E-state index contributed by atoms with van der Waals surface area (Å²) in [5.74, 6) is 0. The van der Waals surface area contributed by atoms with Crippen LogP contribution < -0.4 is 0 Å². The molecule has 1 fully saturated rings. The summed E-state index contributed by atoms with van der Waals surface area (Å²) in [7, 11) is 0. The molecule has 0 aromatic carbocycles. The Kier molecular flexibility index (Phi) is 3.60. The van der Waals surface area contributed by atoms with Crippen molar-refractivity contribution < 1.29 is 24.2 Å². The second-order valence-electron chi connectivity index (χ2n) is 2.51. The van der Waals surface area contributed by atoms with Crippen LogP contribution in [0.15, 0.2) is 0 Å². The van der Waals surface area contributed by atoms with E-state index < -0.39 is 18.9 Å². The molecule has 0 bridgehead atoms. The molecule has 0 aromatic rings. The van der Waals surface area contributed by atoms with E-state index in [0.29, 0.717) is 13.0 Å². The van der Waals surface area contributed by atoms with Gasteiger partial charge in [0.15, 0.2) is 0 Å². The fraction of sp³-hybridized carbons (Fsp3) is 1.00. The lowest BCUT2D eigenvalue weighted by atomic mass is 10.2. The second kappa shape index (κ2) is 4.11. The quantitative estimate of drug-likeness (QED) is 0.542. The Morgan fingerprint density at radius 3 is 2.75 bits per heavy atom. The Bertz CT molecular complexity index is 192. The molecule has 0 aromatic heterocycles. The molecule has 1 aliphatic heterocycles. The van der Waals surface area contributed by atoms with Crippen LogP contribution in [0.1, 0.15) is 6.42 Å². The first kappa shape index (κ1) is 10.5. The Morgan fingerprint density at radius 2 is 2.25 bits per heavy atom. The maximum atomic E-state index is 8.81. The highest BCUT2D eigenvalue weighted by Crippen LogP contribution is 2.40. The minimum absolute atomic E-state index is 0.194. The lowest BCUT2D eigenvalue weighted by Gasteiger charge is -2.18. The highest BCUT2D eigenvalue weighted by atomic mass is 32.5. The summed E-state index contributed by atoms with van der Waals surface area (Å²) in [4.78, 5) is 17.6. The Balaban J connectivity index is 2.46. The van der Waals surface area contributed by atoms with Crippen LogP contribution in [-0.4, -0.2) is 40.3 Å². The molecule has 0 saturated carbocycles. The van der Waals surface area contributed by atoms with E-state index in [9.17, 15) is 0 Å². The maximum Gasteiger partial charge on any atom is 0.322 e. The van der Waals surface area contributed by atoms with Gasteiger partial charge in [-0.3, -0.25) is 0 Å². The van der Waals surface area contributed by atoms with Crippen LogP contribution in [0, 0.1) is 0 Å². The van der Waals surface area contributed by atoms with Gasteiger partial charge in [0.2, 0.25) is 0 Å². The van der Waals surface area contributed by atoms with Crippen molar-refractivity contribution in [1.29, 1.82) is 0 Å². The minimum atomic E-state index is -3.62. The number of aliphatic hydroxyl groups is 1. The summed E-state index contributed by atoms with van der Waals surface area (Å²) in [5, 5.41) is 8.74. The monoisotopic (exact) mass is 214 g/mol. The lowest BCUT2D eigenvalue weighted by Crippen LogP contribution is -2.26. The summed E-state index contributed by atoms with van der Waals surface area (Å²) < 4.78 is 9.79. The zero-order valence-electron chi connectivity index (χ0n) is 6.29. The van der Waals surface area contributed by atoms with Crippen LogP contribution >= 0.6 is 6.72 Å². The van der Waals surface area contributed by atoms with Crippen LogP contribution in [0.25, 0.3) is 0 Å². The zero-order chi connectivity index (χ0) is 9.19. The van der Waals surface area contributed by atoms with Crippen molar-refractivity contribution in [3.63, 3.8) is 0 Å². The normalized spacial score (nSPS) is 30.9. The van der Waals surface area contributed by atoms with Gasteiger partial charge in [0.05, 0.1) is 12.7 Å². The Morgan fingerprint density at radius 1 is 1.58 bits per heavy atom. The van der Waals surface area contributed by atoms with E-state index in [1.165, 1.54) is 0 Å². The maximum absolute atomic E-state index is 8.81. The molecule has 0 spiro atoms. The van der Waals surface area contributed by atoms with Gasteiger partial charge in [-0.15, -0.1) is 0 Å². The summed E-state index contributed by atoms with van der Waals surface area (Å²) in [6, 6.07) is 0. The molecule has 0 amide bonds. The molecule has 7 heteroatoms. The first-order valence-corrected chi connectivity index (χ1v) is 6.12. The smallest absolute Gasteiger partial charge is 0.322 e. The molecule has 0 unspecified atom stereocenters. The van der Waals surface area contributed by atoms with Crippen molar-refractivity contribution in [1.82, 2.24) is 0 Å². The van der Waals surface area contributed by atoms with Crippen LogP contribution in [-0.2, 0) is 21.1 Å². The summed E-state index contributed by atoms with van der Waals surface area (Å²) in [6.07, 6.45) is -0.437. The molecular weight excluding hydrogens is 203 g/mol. The molecule has 2 atom stereocenters. The first-order chi connectivity index (χ1) is 5.53. The van der Waals surface area contributed by atoms with E-state index in [4.69, 9.17) is 24.2 Å². The molecule has 1 saturated heterocycles. The molecule has 1 heterocycles.